The van der Waals surface area contributed by atoms with E-state index in [9.17, 15) is 61.0 Å². The first-order chi connectivity index (χ1) is 49.3. The third-order valence-electron chi connectivity index (χ3n) is 20.6. The molecule has 0 aromatic rings. The molecule has 3 saturated heterocycles. The molecule has 17 unspecified atom stereocenters. The number of hydrogen-bond donors (Lipinski definition) is 12. The molecule has 0 bridgehead atoms. The van der Waals surface area contributed by atoms with Gasteiger partial charge in [0, 0.05) is 6.42 Å². The van der Waals surface area contributed by atoms with Crippen LogP contribution in [0.5, 0.6) is 0 Å². The molecule has 3 heterocycles. The van der Waals surface area contributed by atoms with E-state index < -0.39 is 124 Å². The van der Waals surface area contributed by atoms with E-state index in [2.05, 4.69) is 55.6 Å². The highest BCUT2D eigenvalue weighted by molar-refractivity contribution is 5.76. The van der Waals surface area contributed by atoms with Gasteiger partial charge in [0.25, 0.3) is 0 Å². The summed E-state index contributed by atoms with van der Waals surface area (Å²) < 4.78 is 34.4. The maximum atomic E-state index is 13.5. The Morgan fingerprint density at radius 3 is 1.05 bits per heavy atom. The van der Waals surface area contributed by atoms with Crippen LogP contribution in [0, 0.1) is 0 Å². The number of rotatable bonds is 66. The second-order valence-corrected chi connectivity index (χ2v) is 29.6. The molecule has 19 heteroatoms. The standard InChI is InChI=1S/C82H151NO18/c1-3-5-7-9-11-13-15-17-19-21-23-25-27-28-29-30-31-32-33-34-35-36-38-39-41-43-45-47-49-51-53-55-57-59-66(87)65(83-70(88)60-58-56-54-52-50-48-46-44-42-40-37-26-24-22-20-18-16-14-12-10-8-6-4-2)64-96-80-76(94)73(91)78(68(62-85)98-80)101-82-77(95)74(92)79(69(63-86)99-82)100-81-75(93)72(90)71(89)67(61-84)97-81/h16,18,22,24,49,51,57,59,65-69,71-82,84-87,89-95H,3-15,17,19-21,23,25-48,50,52-56,58,60-64H2,1-2H3,(H,83,88)/b18-16-,24-22-,51-49+,59-57+. The van der Waals surface area contributed by atoms with E-state index in [-0.39, 0.29) is 18.9 Å². The molecular formula is C82H151NO18. The lowest BCUT2D eigenvalue weighted by Gasteiger charge is -2.48. The summed E-state index contributed by atoms with van der Waals surface area (Å²) in [7, 11) is 0. The van der Waals surface area contributed by atoms with Gasteiger partial charge >= 0.3 is 0 Å². The zero-order valence-electron chi connectivity index (χ0n) is 63.4. The normalized spacial score (nSPS) is 26.5. The van der Waals surface area contributed by atoms with Gasteiger partial charge in [0.2, 0.25) is 5.91 Å². The molecule has 17 atom stereocenters. The number of hydrogen-bond acceptors (Lipinski definition) is 18. The minimum atomic E-state index is -1.98. The van der Waals surface area contributed by atoms with Crippen LogP contribution >= 0.6 is 0 Å². The van der Waals surface area contributed by atoms with Gasteiger partial charge in [-0.2, -0.15) is 0 Å². The Labute approximate surface area is 612 Å². The van der Waals surface area contributed by atoms with Crippen LogP contribution in [0.25, 0.3) is 0 Å². The Hall–Kier alpha value is -2.25. The van der Waals surface area contributed by atoms with E-state index in [0.29, 0.717) is 12.8 Å². The molecule has 592 valence electrons. The van der Waals surface area contributed by atoms with Crippen molar-refractivity contribution in [3.63, 3.8) is 0 Å². The van der Waals surface area contributed by atoms with Crippen molar-refractivity contribution < 1.29 is 89.4 Å². The largest absolute Gasteiger partial charge is 0.394 e. The zero-order chi connectivity index (χ0) is 73.2. The SMILES string of the molecule is CCCCCCC/C=C\C/C=C\CCCCCCCCCCCCCC(=O)NC(COC1OC(CO)C(OC2OC(CO)C(OC3OC(CO)C(O)C(O)C3O)C(O)C2O)C(O)C1O)C(O)/C=C/CC/C=C/CCCCCCCCCCCCCCCCCCCCCCCCCCCCC. The fourth-order valence-corrected chi connectivity index (χ4v) is 13.9. The molecule has 3 aliphatic heterocycles. The van der Waals surface area contributed by atoms with Gasteiger partial charge in [-0.05, 0) is 64.2 Å². The van der Waals surface area contributed by atoms with Crippen molar-refractivity contribution >= 4 is 5.91 Å². The Bertz CT molecular complexity index is 2010. The molecule has 0 aliphatic carbocycles. The Kier molecular flexibility index (Phi) is 57.8. The minimum Gasteiger partial charge on any atom is -0.394 e. The first kappa shape index (κ1) is 93.0. The van der Waals surface area contributed by atoms with Gasteiger partial charge in [0.15, 0.2) is 18.9 Å². The lowest BCUT2D eigenvalue weighted by molar-refractivity contribution is -0.379. The van der Waals surface area contributed by atoms with Crippen molar-refractivity contribution in [3.8, 4) is 0 Å². The first-order valence-corrected chi connectivity index (χ1v) is 41.4. The third-order valence-corrected chi connectivity index (χ3v) is 20.6. The lowest BCUT2D eigenvalue weighted by Crippen LogP contribution is -2.66. The molecule has 3 rings (SSSR count). The van der Waals surface area contributed by atoms with E-state index in [1.807, 2.05) is 6.08 Å². The molecule has 12 N–H and O–H groups in total. The molecular weight excluding hydrogens is 1290 g/mol. The molecule has 0 saturated carbocycles. The predicted molar refractivity (Wildman–Crippen MR) is 402 cm³/mol. The number of aliphatic hydroxyl groups is 11. The molecule has 1 amide bonds. The van der Waals surface area contributed by atoms with Crippen LogP contribution in [0.3, 0.4) is 0 Å². The van der Waals surface area contributed by atoms with Gasteiger partial charge < -0.3 is 89.9 Å². The maximum absolute atomic E-state index is 13.5. The number of carbonyl (C=O) groups excluding carboxylic acids is 1. The number of nitrogens with one attached hydrogen (secondary N) is 1. The molecule has 101 heavy (non-hydrogen) atoms. The van der Waals surface area contributed by atoms with E-state index >= 15 is 0 Å². The third kappa shape index (κ3) is 42.8. The summed E-state index contributed by atoms with van der Waals surface area (Å²) in [5.74, 6) is -0.284. The van der Waals surface area contributed by atoms with Gasteiger partial charge in [0.05, 0.1) is 38.6 Å². The topological polar surface area (TPSA) is 307 Å². The van der Waals surface area contributed by atoms with Crippen LogP contribution < -0.4 is 5.32 Å². The van der Waals surface area contributed by atoms with Crippen LogP contribution in [-0.4, -0.2) is 193 Å². The summed E-state index contributed by atoms with van der Waals surface area (Å²) in [5.41, 5.74) is 0. The Morgan fingerprint density at radius 1 is 0.356 bits per heavy atom. The van der Waals surface area contributed by atoms with Crippen molar-refractivity contribution in [1.82, 2.24) is 5.32 Å². The Morgan fingerprint density at radius 2 is 0.663 bits per heavy atom. The number of ether oxygens (including phenoxy) is 6. The Balaban J connectivity index is 1.37. The lowest BCUT2D eigenvalue weighted by atomic mass is 9.96. The van der Waals surface area contributed by atoms with Gasteiger partial charge in [-0.1, -0.05) is 313 Å². The van der Waals surface area contributed by atoms with Gasteiger partial charge in [-0.15, -0.1) is 0 Å². The second-order valence-electron chi connectivity index (χ2n) is 29.6. The molecule has 0 spiro atoms. The van der Waals surface area contributed by atoms with Gasteiger partial charge in [0.1, 0.15) is 73.2 Å². The minimum absolute atomic E-state index is 0.233. The van der Waals surface area contributed by atoms with Crippen molar-refractivity contribution in [2.45, 2.75) is 439 Å². The molecule has 0 aromatic carbocycles. The number of allylic oxidation sites excluding steroid dienone is 7. The van der Waals surface area contributed by atoms with E-state index in [0.717, 1.165) is 51.4 Å². The number of aliphatic hydroxyl groups excluding tert-OH is 11. The summed E-state index contributed by atoms with van der Waals surface area (Å²) in [5, 5.41) is 121. The van der Waals surface area contributed by atoms with Crippen molar-refractivity contribution in [2.24, 2.45) is 0 Å². The highest BCUT2D eigenvalue weighted by atomic mass is 16.8. The molecule has 0 radical (unpaired) electrons. The molecule has 0 aromatic heterocycles. The average Bonchev–Trinajstić information content (AvgIpc) is 0.782. The summed E-state index contributed by atoms with van der Waals surface area (Å²) in [6, 6.07) is -0.994. The van der Waals surface area contributed by atoms with Gasteiger partial charge in [-0.3, -0.25) is 4.79 Å². The summed E-state index contributed by atoms with van der Waals surface area (Å²) in [6.45, 7) is 1.75. The van der Waals surface area contributed by atoms with Crippen molar-refractivity contribution in [1.29, 1.82) is 0 Å². The fraction of sp³-hybridized carbons (Fsp3) is 0.890. The van der Waals surface area contributed by atoms with Crippen molar-refractivity contribution in [2.75, 3.05) is 26.4 Å². The molecule has 3 fully saturated rings. The van der Waals surface area contributed by atoms with E-state index in [1.54, 1.807) is 6.08 Å². The highest BCUT2D eigenvalue weighted by Crippen LogP contribution is 2.33. The molecule has 19 nitrogen and oxygen atoms in total. The number of unbranched alkanes of at least 4 members (excludes halogenated alkanes) is 44. The van der Waals surface area contributed by atoms with Crippen LogP contribution in [0.15, 0.2) is 48.6 Å². The summed E-state index contributed by atoms with van der Waals surface area (Å²) >= 11 is 0. The number of carbonyl (C=O) groups is 1. The summed E-state index contributed by atoms with van der Waals surface area (Å²) in [4.78, 5) is 13.5. The number of amides is 1. The van der Waals surface area contributed by atoms with Gasteiger partial charge in [-0.25, -0.2) is 0 Å². The van der Waals surface area contributed by atoms with Crippen LogP contribution in [0.4, 0.5) is 0 Å². The van der Waals surface area contributed by atoms with Crippen molar-refractivity contribution in [3.05, 3.63) is 48.6 Å². The van der Waals surface area contributed by atoms with Crippen LogP contribution in [-0.2, 0) is 33.2 Å². The predicted octanol–water partition coefficient (Wildman–Crippen LogP) is 14.1. The maximum Gasteiger partial charge on any atom is 0.220 e. The zero-order valence-corrected chi connectivity index (χ0v) is 63.4. The fourth-order valence-electron chi connectivity index (χ4n) is 13.9. The van der Waals surface area contributed by atoms with E-state index in [4.69, 9.17) is 28.4 Å². The smallest absolute Gasteiger partial charge is 0.220 e. The highest BCUT2D eigenvalue weighted by Gasteiger charge is 2.54. The average molecular weight is 1440 g/mol. The quantitative estimate of drug-likeness (QED) is 0.0199. The monoisotopic (exact) mass is 1440 g/mol. The first-order valence-electron chi connectivity index (χ1n) is 41.4. The molecule has 3 aliphatic rings. The van der Waals surface area contributed by atoms with Crippen LogP contribution in [0.1, 0.15) is 335 Å². The van der Waals surface area contributed by atoms with E-state index in [1.165, 1.54) is 250 Å². The second kappa shape index (κ2) is 62.8. The van der Waals surface area contributed by atoms with Crippen LogP contribution in [0.2, 0.25) is 0 Å². The summed E-state index contributed by atoms with van der Waals surface area (Å²) in [6.07, 6.45) is 52.5.